The van der Waals surface area contributed by atoms with Gasteiger partial charge in [0.05, 0.1) is 14.2 Å². The summed E-state index contributed by atoms with van der Waals surface area (Å²) in [5.74, 6) is -7.65. The van der Waals surface area contributed by atoms with E-state index in [-0.39, 0.29) is 47.9 Å². The van der Waals surface area contributed by atoms with Gasteiger partial charge in [0.15, 0.2) is 0 Å². The maximum absolute atomic E-state index is 13.9. The predicted molar refractivity (Wildman–Crippen MR) is 174 cm³/mol. The minimum absolute atomic E-state index is 0.0891. The highest BCUT2D eigenvalue weighted by Crippen LogP contribution is 2.46. The quantitative estimate of drug-likeness (QED) is 0.0939. The summed E-state index contributed by atoms with van der Waals surface area (Å²) >= 11 is 0. The standard InChI is InChI=1S/C36H26N2O12/c1-49-25(39)13-11-23(35(45)46)37-31(41)19-7-3-15-17-5-9-21-30-22(34(44)38(33(21)43)24(36(47)48)12-14-26(40)50-2)10-6-18(28(17)30)16-4-8-20(32(37)42)29(19)27(15)16/h3-10,23-24H,11-14H2,1-2H3,(H,45,46)(H,47,48). The maximum Gasteiger partial charge on any atom is 0.326 e. The number of rotatable bonds is 10. The van der Waals surface area contributed by atoms with E-state index in [9.17, 15) is 48.6 Å². The van der Waals surface area contributed by atoms with Gasteiger partial charge in [-0.1, -0.05) is 24.3 Å². The SMILES string of the molecule is COC(=O)CCC(C(=O)O)N1C(=O)c2ccc3c4ccc5c6c(ccc(c7ccc(c2c37)C1=O)c64)C(=O)N(C(CCC(=O)OC)C(=O)O)C5=O. The van der Waals surface area contributed by atoms with Crippen LogP contribution in [-0.2, 0) is 28.7 Å². The van der Waals surface area contributed by atoms with E-state index >= 15 is 0 Å². The van der Waals surface area contributed by atoms with Crippen molar-refractivity contribution in [3.8, 4) is 0 Å². The van der Waals surface area contributed by atoms with Crippen LogP contribution in [0.15, 0.2) is 48.5 Å². The zero-order chi connectivity index (χ0) is 35.8. The number of methoxy groups -OCH3 is 2. The summed E-state index contributed by atoms with van der Waals surface area (Å²) in [4.78, 5) is 105. The molecule has 2 unspecified atom stereocenters. The summed E-state index contributed by atoms with van der Waals surface area (Å²) < 4.78 is 9.21. The van der Waals surface area contributed by atoms with Crippen molar-refractivity contribution in [3.63, 3.8) is 0 Å². The van der Waals surface area contributed by atoms with E-state index in [1.165, 1.54) is 24.3 Å². The Kier molecular flexibility index (Phi) is 7.46. The molecular formula is C36H26N2O12. The van der Waals surface area contributed by atoms with Gasteiger partial charge < -0.3 is 19.7 Å². The highest BCUT2D eigenvalue weighted by molar-refractivity contribution is 6.41. The molecule has 2 aliphatic heterocycles. The minimum atomic E-state index is -1.63. The normalized spacial score (nSPS) is 15.3. The minimum Gasteiger partial charge on any atom is -0.480 e. The van der Waals surface area contributed by atoms with Crippen LogP contribution in [-0.4, -0.2) is 93.8 Å². The van der Waals surface area contributed by atoms with Gasteiger partial charge in [0.2, 0.25) is 0 Å². The smallest absolute Gasteiger partial charge is 0.326 e. The highest BCUT2D eigenvalue weighted by Gasteiger charge is 2.43. The number of carbonyl (C=O) groups is 8. The van der Waals surface area contributed by atoms with Crippen LogP contribution in [0.3, 0.4) is 0 Å². The van der Waals surface area contributed by atoms with Crippen LogP contribution in [0.1, 0.15) is 67.1 Å². The van der Waals surface area contributed by atoms with Gasteiger partial charge in [0.25, 0.3) is 23.6 Å². The molecule has 0 radical (unpaired) electrons. The van der Waals surface area contributed by atoms with Crippen molar-refractivity contribution in [2.24, 2.45) is 0 Å². The number of carbonyl (C=O) groups excluding carboxylic acids is 6. The summed E-state index contributed by atoms with van der Waals surface area (Å²) in [6.07, 6.45) is -1.35. The van der Waals surface area contributed by atoms with Crippen LogP contribution in [0.5, 0.6) is 0 Å². The number of ether oxygens (including phenoxy) is 2. The van der Waals surface area contributed by atoms with Crippen LogP contribution in [0.25, 0.3) is 43.1 Å². The Morgan fingerprint density at radius 1 is 0.520 bits per heavy atom. The molecule has 252 valence electrons. The Balaban J connectivity index is 1.40. The number of hydrogen-bond acceptors (Lipinski definition) is 10. The fourth-order valence-corrected chi connectivity index (χ4v) is 7.31. The second-order valence-corrected chi connectivity index (χ2v) is 12.0. The molecule has 14 heteroatoms. The highest BCUT2D eigenvalue weighted by atomic mass is 16.5. The molecule has 0 saturated carbocycles. The van der Waals surface area contributed by atoms with E-state index in [0.29, 0.717) is 52.9 Å². The van der Waals surface area contributed by atoms with E-state index in [4.69, 9.17) is 0 Å². The number of imide groups is 2. The largest absolute Gasteiger partial charge is 0.480 e. The zero-order valence-corrected chi connectivity index (χ0v) is 26.5. The van der Waals surface area contributed by atoms with Crippen molar-refractivity contribution in [1.82, 2.24) is 9.80 Å². The number of amides is 4. The third kappa shape index (κ3) is 4.48. The first-order valence-electron chi connectivity index (χ1n) is 15.5. The van der Waals surface area contributed by atoms with Gasteiger partial charge in [-0.25, -0.2) is 9.59 Å². The monoisotopic (exact) mass is 678 g/mol. The number of hydrogen-bond donors (Lipinski definition) is 2. The van der Waals surface area contributed by atoms with Crippen LogP contribution in [0.2, 0.25) is 0 Å². The molecule has 14 nitrogen and oxygen atoms in total. The molecule has 0 aliphatic carbocycles. The van der Waals surface area contributed by atoms with Gasteiger partial charge in [-0.3, -0.25) is 38.6 Å². The van der Waals surface area contributed by atoms with Crippen LogP contribution in [0, 0.1) is 0 Å². The summed E-state index contributed by atoms with van der Waals surface area (Å²) in [6, 6.07) is 9.31. The molecule has 0 aromatic heterocycles. The molecule has 0 bridgehead atoms. The molecule has 5 aromatic rings. The maximum atomic E-state index is 13.9. The second kappa shape index (κ2) is 11.6. The van der Waals surface area contributed by atoms with E-state index in [1.807, 2.05) is 0 Å². The van der Waals surface area contributed by atoms with Gasteiger partial charge in [0, 0.05) is 45.9 Å². The second-order valence-electron chi connectivity index (χ2n) is 12.0. The zero-order valence-electron chi connectivity index (χ0n) is 26.5. The number of esters is 2. The Labute approximate surface area is 281 Å². The molecule has 7 rings (SSSR count). The average Bonchev–Trinajstić information content (AvgIpc) is 3.10. The number of fused-ring (bicyclic) bond motifs is 2. The Bertz CT molecular complexity index is 2130. The molecule has 0 fully saturated rings. The molecule has 2 heterocycles. The molecular weight excluding hydrogens is 652 g/mol. The van der Waals surface area contributed by atoms with Crippen LogP contribution >= 0.6 is 0 Å². The van der Waals surface area contributed by atoms with Crippen molar-refractivity contribution < 1.29 is 58.0 Å². The topological polar surface area (TPSA) is 202 Å². The van der Waals surface area contributed by atoms with E-state index in [2.05, 4.69) is 9.47 Å². The third-order valence-corrected chi connectivity index (χ3v) is 9.59. The fourth-order valence-electron chi connectivity index (χ4n) is 7.31. The Morgan fingerprint density at radius 2 is 0.800 bits per heavy atom. The summed E-state index contributed by atoms with van der Waals surface area (Å²) in [7, 11) is 2.29. The number of carboxylic acid groups (broad SMARTS) is 2. The fraction of sp³-hybridized carbons (Fsp3) is 0.222. The first kappa shape index (κ1) is 32.1. The molecule has 0 spiro atoms. The molecule has 5 aromatic carbocycles. The van der Waals surface area contributed by atoms with Crippen molar-refractivity contribution in [2.45, 2.75) is 37.8 Å². The van der Waals surface area contributed by atoms with E-state index < -0.39 is 59.6 Å². The summed E-state index contributed by atoms with van der Waals surface area (Å²) in [5.41, 5.74) is 0.356. The first-order valence-corrected chi connectivity index (χ1v) is 15.5. The number of aliphatic carboxylic acids is 2. The first-order chi connectivity index (χ1) is 23.9. The predicted octanol–water partition coefficient (Wildman–Crippen LogP) is 3.74. The molecule has 4 amide bonds. The third-order valence-electron chi connectivity index (χ3n) is 9.59. The van der Waals surface area contributed by atoms with E-state index in [1.54, 1.807) is 24.3 Å². The summed E-state index contributed by atoms with van der Waals surface area (Å²) in [5, 5.41) is 24.0. The van der Waals surface area contributed by atoms with Crippen LogP contribution < -0.4 is 0 Å². The van der Waals surface area contributed by atoms with Gasteiger partial charge >= 0.3 is 23.9 Å². The lowest BCUT2D eigenvalue weighted by Crippen LogP contribution is -2.50. The number of nitrogens with zero attached hydrogens (tertiary/aromatic N) is 2. The van der Waals surface area contributed by atoms with Gasteiger partial charge in [-0.15, -0.1) is 0 Å². The van der Waals surface area contributed by atoms with Crippen LogP contribution in [0.4, 0.5) is 0 Å². The molecule has 2 aliphatic rings. The Morgan fingerprint density at radius 3 is 1.04 bits per heavy atom. The molecule has 50 heavy (non-hydrogen) atoms. The van der Waals surface area contributed by atoms with Gasteiger partial charge in [-0.05, 0) is 69.4 Å². The van der Waals surface area contributed by atoms with Crippen molar-refractivity contribution in [2.75, 3.05) is 14.2 Å². The molecule has 2 N–H and O–H groups in total. The van der Waals surface area contributed by atoms with Crippen molar-refractivity contribution in [3.05, 3.63) is 70.8 Å². The molecule has 2 atom stereocenters. The lowest BCUT2D eigenvalue weighted by Gasteiger charge is -2.33. The Hall–Kier alpha value is -6.44. The van der Waals surface area contributed by atoms with Gasteiger partial charge in [-0.2, -0.15) is 0 Å². The van der Waals surface area contributed by atoms with E-state index in [0.717, 1.165) is 14.2 Å². The lowest BCUT2D eigenvalue weighted by atomic mass is 9.82. The van der Waals surface area contributed by atoms with Gasteiger partial charge in [0.1, 0.15) is 12.1 Å². The number of benzene rings is 5. The van der Waals surface area contributed by atoms with Crippen molar-refractivity contribution in [1.29, 1.82) is 0 Å². The van der Waals surface area contributed by atoms with Crippen molar-refractivity contribution >= 4 is 90.6 Å². The summed E-state index contributed by atoms with van der Waals surface area (Å²) in [6.45, 7) is 0. The molecule has 0 saturated heterocycles. The average molecular weight is 679 g/mol. The lowest BCUT2D eigenvalue weighted by molar-refractivity contribution is -0.145. The number of carboxylic acids is 2.